The molecule has 3 heterocycles. The van der Waals surface area contributed by atoms with E-state index >= 15 is 0 Å². The Morgan fingerprint density at radius 1 is 1.00 bits per heavy atom. The number of fused-ring (bicyclic) bond motifs is 3. The second-order valence-corrected chi connectivity index (χ2v) is 18.5. The quantitative estimate of drug-likeness (QED) is 0.0447. The standard InChI is InChI=1S/C46H46F4N6O7S/c1-3-5-6-7-8-15-35(51-31-13-11-12-30(47)23-31)43(58)56-26-32(24-36(56)41(57)54-45(25-28(45)4-2)44(59)55-64(60,61)33-21-22-33)62-42-39-38(34-14-9-10-16-37(34)63-39)52-40(53-42)27-17-19-29(20-18-27)46(48,49)50/h3-4,9-14,16-20,23,28,32-33,35-36,51H,1-2,5-8,15,21-22,24-26H2,(H,54,57)(H,55,59)/t28-,32-,35+,36+,45-/m1/s1. The zero-order chi connectivity index (χ0) is 45.4. The molecule has 5 atom stereocenters. The first kappa shape index (κ1) is 44.3. The van der Waals surface area contributed by atoms with Gasteiger partial charge >= 0.3 is 6.18 Å². The van der Waals surface area contributed by atoms with Gasteiger partial charge in [0, 0.05) is 29.0 Å². The number of hydrogen-bond donors (Lipinski definition) is 3. The molecule has 1 saturated heterocycles. The van der Waals surface area contributed by atoms with Crippen LogP contribution in [0.4, 0.5) is 23.2 Å². The molecule has 0 unspecified atom stereocenters. The van der Waals surface area contributed by atoms with E-state index in [-0.39, 0.29) is 42.2 Å². The third-order valence-corrected chi connectivity index (χ3v) is 13.7. The second kappa shape index (κ2) is 17.7. The maximum absolute atomic E-state index is 14.9. The van der Waals surface area contributed by atoms with Crippen molar-refractivity contribution in [2.24, 2.45) is 5.92 Å². The fourth-order valence-corrected chi connectivity index (χ4v) is 9.55. The summed E-state index contributed by atoms with van der Waals surface area (Å²) in [5, 5.41) is 5.80. The van der Waals surface area contributed by atoms with Crippen molar-refractivity contribution in [1.29, 1.82) is 0 Å². The van der Waals surface area contributed by atoms with Gasteiger partial charge in [0.05, 0.1) is 17.4 Å². The SMILES string of the molecule is C=CCCCCC[C@H](Nc1cccc(F)c1)C(=O)N1C[C@H](Oc2nc(-c3ccc(C(F)(F)F)cc3)nc3c2oc2ccccc23)C[C@H]1C(=O)N[C@]1(C(=O)NS(=O)(=O)C2CC2)C[C@H]1C=C. The number of allylic oxidation sites excluding steroid dienone is 1. The molecule has 2 aliphatic carbocycles. The summed E-state index contributed by atoms with van der Waals surface area (Å²) < 4.78 is 95.4. The first-order valence-corrected chi connectivity index (χ1v) is 22.6. The van der Waals surface area contributed by atoms with Crippen molar-refractivity contribution >= 4 is 55.5 Å². The summed E-state index contributed by atoms with van der Waals surface area (Å²) in [5.74, 6) is -3.38. The average Bonchev–Trinajstić information content (AvgIpc) is 4.17. The van der Waals surface area contributed by atoms with Gasteiger partial charge in [0.1, 0.15) is 40.6 Å². The minimum absolute atomic E-state index is 0.0251. The maximum atomic E-state index is 14.9. The van der Waals surface area contributed by atoms with Crippen molar-refractivity contribution in [3.63, 3.8) is 0 Å². The number of nitrogens with zero attached hydrogens (tertiary/aromatic N) is 3. The molecule has 5 aromatic rings. The van der Waals surface area contributed by atoms with Crippen LogP contribution in [0.5, 0.6) is 5.88 Å². The number of benzene rings is 3. The van der Waals surface area contributed by atoms with Crippen molar-refractivity contribution in [3.8, 4) is 17.3 Å². The molecule has 3 aliphatic rings. The average molecular weight is 903 g/mol. The lowest BCUT2D eigenvalue weighted by Crippen LogP contribution is -2.57. The number of unbranched alkanes of at least 4 members (excludes halogenated alkanes) is 3. The molecular weight excluding hydrogens is 857 g/mol. The van der Waals surface area contributed by atoms with Gasteiger partial charge in [0.25, 0.3) is 11.8 Å². The van der Waals surface area contributed by atoms with Crippen LogP contribution in [-0.2, 0) is 30.6 Å². The van der Waals surface area contributed by atoms with Gasteiger partial charge in [-0.15, -0.1) is 13.2 Å². The van der Waals surface area contributed by atoms with Crippen LogP contribution in [0.25, 0.3) is 33.5 Å². The highest BCUT2D eigenvalue weighted by molar-refractivity contribution is 7.91. The van der Waals surface area contributed by atoms with Gasteiger partial charge in [-0.2, -0.15) is 18.2 Å². The van der Waals surface area contributed by atoms with E-state index in [2.05, 4.69) is 38.5 Å². The Morgan fingerprint density at radius 2 is 1.77 bits per heavy atom. The number of likely N-dealkylation sites (tertiary alicyclic amines) is 1. The van der Waals surface area contributed by atoms with Gasteiger partial charge in [-0.25, -0.2) is 17.8 Å². The van der Waals surface area contributed by atoms with Gasteiger partial charge in [-0.3, -0.25) is 19.1 Å². The number of aromatic nitrogens is 2. The Kier molecular flexibility index (Phi) is 12.3. The summed E-state index contributed by atoms with van der Waals surface area (Å²) in [7, 11) is -3.98. The lowest BCUT2D eigenvalue weighted by atomic mass is 10.0. The summed E-state index contributed by atoms with van der Waals surface area (Å²) >= 11 is 0. The molecule has 3 fully saturated rings. The van der Waals surface area contributed by atoms with Crippen LogP contribution in [0.1, 0.15) is 63.4 Å². The van der Waals surface area contributed by atoms with Crippen molar-refractivity contribution in [2.75, 3.05) is 11.9 Å². The summed E-state index contributed by atoms with van der Waals surface area (Å²) in [6, 6.07) is 14.7. The van der Waals surface area contributed by atoms with Crippen LogP contribution >= 0.6 is 0 Å². The molecule has 0 spiro atoms. The zero-order valence-electron chi connectivity index (χ0n) is 34.6. The predicted octanol–water partition coefficient (Wildman–Crippen LogP) is 7.84. The molecule has 3 aromatic carbocycles. The van der Waals surface area contributed by atoms with E-state index in [0.717, 1.165) is 31.4 Å². The van der Waals surface area contributed by atoms with E-state index in [1.165, 1.54) is 41.3 Å². The third-order valence-electron chi connectivity index (χ3n) is 11.9. The van der Waals surface area contributed by atoms with Crippen LogP contribution in [-0.4, -0.2) is 76.5 Å². The number of rotatable bonds is 18. The number of sulfonamides is 1. The molecule has 2 aromatic heterocycles. The number of anilines is 1. The maximum Gasteiger partial charge on any atom is 0.416 e. The van der Waals surface area contributed by atoms with E-state index in [1.807, 2.05) is 0 Å². The molecule has 18 heteroatoms. The summed E-state index contributed by atoms with van der Waals surface area (Å²) in [4.78, 5) is 53.7. The molecule has 13 nitrogen and oxygen atoms in total. The summed E-state index contributed by atoms with van der Waals surface area (Å²) in [5.41, 5.74) is -1.08. The Labute approximate surface area is 366 Å². The smallest absolute Gasteiger partial charge is 0.416 e. The van der Waals surface area contributed by atoms with E-state index in [0.29, 0.717) is 47.9 Å². The Bertz CT molecular complexity index is 2720. The molecule has 8 rings (SSSR count). The molecule has 3 amide bonds. The number of halogens is 4. The summed E-state index contributed by atoms with van der Waals surface area (Å²) in [6.45, 7) is 7.36. The number of ether oxygens (including phenoxy) is 1. The van der Waals surface area contributed by atoms with E-state index in [1.54, 1.807) is 36.4 Å². The number of nitrogens with one attached hydrogen (secondary N) is 3. The highest BCUT2D eigenvalue weighted by Crippen LogP contribution is 2.46. The van der Waals surface area contributed by atoms with Crippen LogP contribution in [0.3, 0.4) is 0 Å². The van der Waals surface area contributed by atoms with Crippen LogP contribution < -0.4 is 20.1 Å². The molecule has 3 N–H and O–H groups in total. The third kappa shape index (κ3) is 9.32. The van der Waals surface area contributed by atoms with Gasteiger partial charge < -0.3 is 24.7 Å². The predicted molar refractivity (Wildman–Crippen MR) is 231 cm³/mol. The Hall–Kier alpha value is -6.30. The van der Waals surface area contributed by atoms with Crippen LogP contribution in [0, 0.1) is 11.7 Å². The molecule has 0 bridgehead atoms. The first-order chi connectivity index (χ1) is 30.6. The molecule has 0 radical (unpaired) electrons. The zero-order valence-corrected chi connectivity index (χ0v) is 35.4. The second-order valence-electron chi connectivity index (χ2n) is 16.5. The minimum atomic E-state index is -4.58. The van der Waals surface area contributed by atoms with E-state index < -0.39 is 80.2 Å². The number of carbonyl (C=O) groups is 3. The molecule has 2 saturated carbocycles. The van der Waals surface area contributed by atoms with Gasteiger partial charge in [0.15, 0.2) is 5.82 Å². The largest absolute Gasteiger partial charge is 0.470 e. The highest BCUT2D eigenvalue weighted by atomic mass is 32.2. The van der Waals surface area contributed by atoms with E-state index in [4.69, 9.17) is 9.15 Å². The van der Waals surface area contributed by atoms with Crippen LogP contribution in [0.15, 0.2) is 103 Å². The fraction of sp³-hybridized carbons (Fsp3) is 0.370. The number of para-hydroxylation sites is 1. The van der Waals surface area contributed by atoms with E-state index in [9.17, 15) is 40.4 Å². The number of carbonyl (C=O) groups excluding carboxylic acids is 3. The Morgan fingerprint density at radius 3 is 2.45 bits per heavy atom. The van der Waals surface area contributed by atoms with Crippen molar-refractivity contribution in [2.45, 2.75) is 92.9 Å². The van der Waals surface area contributed by atoms with Crippen molar-refractivity contribution in [3.05, 3.63) is 109 Å². The monoisotopic (exact) mass is 902 g/mol. The lowest BCUT2D eigenvalue weighted by molar-refractivity contribution is -0.140. The molecular formula is C46H46F4N6O7S. The van der Waals surface area contributed by atoms with Gasteiger partial charge in [-0.05, 0) is 81.0 Å². The minimum Gasteiger partial charge on any atom is -0.470 e. The topological polar surface area (TPSA) is 173 Å². The molecule has 336 valence electrons. The normalized spacial score (nSPS) is 21.3. The lowest BCUT2D eigenvalue weighted by Gasteiger charge is -2.30. The van der Waals surface area contributed by atoms with Crippen molar-refractivity contribution < 1.29 is 49.5 Å². The Balaban J connectivity index is 1.14. The number of amides is 3. The number of furan rings is 1. The molecule has 1 aliphatic heterocycles. The van der Waals surface area contributed by atoms with Gasteiger partial charge in [0.2, 0.25) is 27.4 Å². The van der Waals surface area contributed by atoms with Gasteiger partial charge in [-0.1, -0.05) is 55.3 Å². The van der Waals surface area contributed by atoms with Crippen molar-refractivity contribution in [1.82, 2.24) is 24.9 Å². The number of hydrogen-bond acceptors (Lipinski definition) is 10. The molecule has 64 heavy (non-hydrogen) atoms. The number of alkyl halides is 3. The first-order valence-electron chi connectivity index (χ1n) is 21.1. The fourth-order valence-electron chi connectivity index (χ4n) is 8.19. The van der Waals surface area contributed by atoms with Crippen LogP contribution in [0.2, 0.25) is 0 Å². The summed E-state index contributed by atoms with van der Waals surface area (Å²) in [6.07, 6.45) is 1.72. The highest BCUT2D eigenvalue weighted by Gasteiger charge is 2.62.